The van der Waals surface area contributed by atoms with E-state index in [1.54, 1.807) is 4.90 Å². The summed E-state index contributed by atoms with van der Waals surface area (Å²) in [6.07, 6.45) is -0.214. The summed E-state index contributed by atoms with van der Waals surface area (Å²) < 4.78 is 5.07. The lowest BCUT2D eigenvalue weighted by Crippen LogP contribution is -2.56. The van der Waals surface area contributed by atoms with E-state index < -0.39 is 0 Å². The quantitative estimate of drug-likeness (QED) is 0.360. The number of rotatable bonds is 4. The van der Waals surface area contributed by atoms with Gasteiger partial charge in [-0.3, -0.25) is 9.89 Å². The van der Waals surface area contributed by atoms with Gasteiger partial charge in [0.2, 0.25) is 0 Å². The van der Waals surface area contributed by atoms with Crippen LogP contribution in [0.25, 0.3) is 0 Å². The maximum Gasteiger partial charge on any atom is 0.409 e. The standard InChI is InChI=1S/C17H34N6O2.HI/c1-5-25-17(24)23-12-10-22(11-13-23)16(18-3)19-14-15(2)21-8-6-20(4)7-9-21;/h15H,5-14H2,1-4H3,(H,18,19);1H. The molecule has 1 atom stereocenters. The fourth-order valence-corrected chi connectivity index (χ4v) is 3.28. The number of guanidine groups is 1. The third-order valence-electron chi connectivity index (χ3n) is 5.03. The van der Waals surface area contributed by atoms with Crippen LogP contribution in [0.1, 0.15) is 13.8 Å². The van der Waals surface area contributed by atoms with E-state index >= 15 is 0 Å². The molecule has 0 spiro atoms. The second-order valence-corrected chi connectivity index (χ2v) is 6.79. The zero-order valence-electron chi connectivity index (χ0n) is 16.6. The molecule has 1 amide bonds. The van der Waals surface area contributed by atoms with Gasteiger partial charge in [0.1, 0.15) is 0 Å². The van der Waals surface area contributed by atoms with E-state index in [-0.39, 0.29) is 30.1 Å². The number of aliphatic imine (C=N–C) groups is 1. The normalized spacial score (nSPS) is 21.2. The summed E-state index contributed by atoms with van der Waals surface area (Å²) in [5.41, 5.74) is 0. The largest absolute Gasteiger partial charge is 0.450 e. The van der Waals surface area contributed by atoms with Gasteiger partial charge in [-0.2, -0.15) is 0 Å². The molecule has 2 heterocycles. The van der Waals surface area contributed by atoms with Crippen molar-refractivity contribution in [2.24, 2.45) is 4.99 Å². The van der Waals surface area contributed by atoms with Gasteiger partial charge in [-0.1, -0.05) is 0 Å². The predicted octanol–water partition coefficient (Wildman–Crippen LogP) is 0.590. The molecule has 26 heavy (non-hydrogen) atoms. The Hall–Kier alpha value is -0.810. The minimum atomic E-state index is -0.214. The van der Waals surface area contributed by atoms with Crippen molar-refractivity contribution in [2.75, 3.05) is 79.6 Å². The smallest absolute Gasteiger partial charge is 0.409 e. The Balaban J connectivity index is 0.00000338. The first-order valence-electron chi connectivity index (χ1n) is 9.35. The van der Waals surface area contributed by atoms with Crippen molar-refractivity contribution in [1.82, 2.24) is 24.9 Å². The van der Waals surface area contributed by atoms with Gasteiger partial charge in [-0.25, -0.2) is 4.79 Å². The second kappa shape index (κ2) is 11.8. The van der Waals surface area contributed by atoms with Crippen LogP contribution < -0.4 is 5.32 Å². The van der Waals surface area contributed by atoms with E-state index in [1.165, 1.54) is 0 Å². The average molecular weight is 482 g/mol. The number of ether oxygens (including phenoxy) is 1. The van der Waals surface area contributed by atoms with Crippen LogP contribution in [0.4, 0.5) is 4.79 Å². The third kappa shape index (κ3) is 6.73. The molecule has 0 aromatic rings. The molecule has 0 radical (unpaired) electrons. The summed E-state index contributed by atoms with van der Waals surface area (Å²) in [6, 6.07) is 0.478. The number of hydrogen-bond donors (Lipinski definition) is 1. The number of likely N-dealkylation sites (N-methyl/N-ethyl adjacent to an activating group) is 1. The Morgan fingerprint density at radius 2 is 1.65 bits per heavy atom. The average Bonchev–Trinajstić information content (AvgIpc) is 2.63. The monoisotopic (exact) mass is 482 g/mol. The van der Waals surface area contributed by atoms with Crippen LogP contribution in [0.15, 0.2) is 4.99 Å². The summed E-state index contributed by atoms with van der Waals surface area (Å²) in [5, 5.41) is 3.50. The molecule has 2 fully saturated rings. The van der Waals surface area contributed by atoms with Crippen LogP contribution in [0, 0.1) is 0 Å². The molecule has 0 saturated carbocycles. The van der Waals surface area contributed by atoms with E-state index in [2.05, 4.69) is 39.0 Å². The molecule has 2 aliphatic heterocycles. The van der Waals surface area contributed by atoms with Gasteiger partial charge in [0.05, 0.1) is 6.61 Å². The molecular formula is C17H35IN6O2. The van der Waals surface area contributed by atoms with Crippen LogP contribution in [-0.2, 0) is 4.74 Å². The first-order chi connectivity index (χ1) is 12.0. The number of nitrogens with zero attached hydrogens (tertiary/aromatic N) is 5. The van der Waals surface area contributed by atoms with E-state index in [4.69, 9.17) is 4.74 Å². The maximum atomic E-state index is 11.8. The Kier molecular flexibility index (Phi) is 10.6. The van der Waals surface area contributed by atoms with E-state index in [0.29, 0.717) is 25.7 Å². The van der Waals surface area contributed by atoms with Gasteiger partial charge >= 0.3 is 6.09 Å². The highest BCUT2D eigenvalue weighted by Gasteiger charge is 2.24. The molecule has 152 valence electrons. The molecular weight excluding hydrogens is 447 g/mol. The Morgan fingerprint density at radius 3 is 2.19 bits per heavy atom. The minimum Gasteiger partial charge on any atom is -0.450 e. The Labute approximate surface area is 174 Å². The first-order valence-corrected chi connectivity index (χ1v) is 9.35. The number of halogens is 1. The zero-order valence-corrected chi connectivity index (χ0v) is 18.9. The lowest BCUT2D eigenvalue weighted by Gasteiger charge is -2.38. The van der Waals surface area contributed by atoms with Gasteiger partial charge in [0, 0.05) is 72.0 Å². The van der Waals surface area contributed by atoms with Crippen molar-refractivity contribution in [3.63, 3.8) is 0 Å². The summed E-state index contributed by atoms with van der Waals surface area (Å²) in [4.78, 5) is 25.1. The molecule has 9 heteroatoms. The topological polar surface area (TPSA) is 63.7 Å². The van der Waals surface area contributed by atoms with E-state index in [0.717, 1.165) is 51.8 Å². The SMILES string of the molecule is CCOC(=O)N1CCN(C(=NC)NCC(C)N2CCN(C)CC2)CC1.I. The summed E-state index contributed by atoms with van der Waals surface area (Å²) >= 11 is 0. The van der Waals surface area contributed by atoms with Crippen molar-refractivity contribution in [3.05, 3.63) is 0 Å². The highest BCUT2D eigenvalue weighted by atomic mass is 127. The van der Waals surface area contributed by atoms with Crippen molar-refractivity contribution < 1.29 is 9.53 Å². The number of nitrogens with one attached hydrogen (secondary N) is 1. The van der Waals surface area contributed by atoms with E-state index in [1.807, 2.05) is 14.0 Å². The van der Waals surface area contributed by atoms with Crippen molar-refractivity contribution in [3.8, 4) is 0 Å². The lowest BCUT2D eigenvalue weighted by atomic mass is 10.2. The van der Waals surface area contributed by atoms with Crippen LogP contribution in [0.5, 0.6) is 0 Å². The van der Waals surface area contributed by atoms with Gasteiger partial charge in [-0.05, 0) is 20.9 Å². The minimum absolute atomic E-state index is 0. The van der Waals surface area contributed by atoms with Crippen molar-refractivity contribution in [2.45, 2.75) is 19.9 Å². The molecule has 1 N–H and O–H groups in total. The molecule has 2 saturated heterocycles. The molecule has 0 bridgehead atoms. The molecule has 8 nitrogen and oxygen atoms in total. The highest BCUT2D eigenvalue weighted by molar-refractivity contribution is 14.0. The zero-order chi connectivity index (χ0) is 18.2. The fraction of sp³-hybridized carbons (Fsp3) is 0.882. The van der Waals surface area contributed by atoms with Gasteiger partial charge in [-0.15, -0.1) is 24.0 Å². The first kappa shape index (κ1) is 23.2. The predicted molar refractivity (Wildman–Crippen MR) is 115 cm³/mol. The van der Waals surface area contributed by atoms with Gasteiger partial charge in [0.15, 0.2) is 5.96 Å². The molecule has 2 aliphatic rings. The number of amides is 1. The second-order valence-electron chi connectivity index (χ2n) is 6.79. The van der Waals surface area contributed by atoms with Crippen LogP contribution >= 0.6 is 24.0 Å². The van der Waals surface area contributed by atoms with Gasteiger partial charge in [0.25, 0.3) is 0 Å². The van der Waals surface area contributed by atoms with Gasteiger partial charge < -0.3 is 24.8 Å². The summed E-state index contributed by atoms with van der Waals surface area (Å²) in [6.45, 7) is 12.8. The molecule has 0 aliphatic carbocycles. The molecule has 0 aromatic heterocycles. The lowest BCUT2D eigenvalue weighted by molar-refractivity contribution is 0.0911. The van der Waals surface area contributed by atoms with Crippen LogP contribution in [-0.4, -0.2) is 117 Å². The van der Waals surface area contributed by atoms with Crippen molar-refractivity contribution >= 4 is 36.0 Å². The molecule has 1 unspecified atom stereocenters. The number of piperazine rings is 2. The van der Waals surface area contributed by atoms with E-state index in [9.17, 15) is 4.79 Å². The third-order valence-corrected chi connectivity index (χ3v) is 5.03. The van der Waals surface area contributed by atoms with Crippen LogP contribution in [0.2, 0.25) is 0 Å². The van der Waals surface area contributed by atoms with Crippen molar-refractivity contribution in [1.29, 1.82) is 0 Å². The Bertz CT molecular complexity index is 449. The summed E-state index contributed by atoms with van der Waals surface area (Å²) in [7, 11) is 4.00. The molecule has 2 rings (SSSR count). The number of hydrogen-bond acceptors (Lipinski definition) is 5. The number of carbonyl (C=O) groups is 1. The number of carbonyl (C=O) groups excluding carboxylic acids is 1. The highest BCUT2D eigenvalue weighted by Crippen LogP contribution is 2.06. The summed E-state index contributed by atoms with van der Waals surface area (Å²) in [5.74, 6) is 0.921. The van der Waals surface area contributed by atoms with Crippen LogP contribution in [0.3, 0.4) is 0 Å². The molecule has 0 aromatic carbocycles. The fourth-order valence-electron chi connectivity index (χ4n) is 3.28. The maximum absolute atomic E-state index is 11.8. The Morgan fingerprint density at radius 1 is 1.08 bits per heavy atom.